The predicted molar refractivity (Wildman–Crippen MR) is 92.5 cm³/mol. The lowest BCUT2D eigenvalue weighted by Gasteiger charge is -2.06. The third kappa shape index (κ3) is 4.67. The number of carbonyl (C=O) groups excluding carboxylic acids is 2. The van der Waals surface area contributed by atoms with E-state index in [0.29, 0.717) is 11.1 Å². The van der Waals surface area contributed by atoms with Gasteiger partial charge in [0, 0.05) is 11.1 Å². The Labute approximate surface area is 152 Å². The van der Waals surface area contributed by atoms with Crippen LogP contribution in [0.4, 0.5) is 4.39 Å². The lowest BCUT2D eigenvalue weighted by atomic mass is 10.2. The molecule has 0 aliphatic heterocycles. The highest BCUT2D eigenvalue weighted by Crippen LogP contribution is 2.23. The number of thioether (sulfide) groups is 1. The van der Waals surface area contributed by atoms with Crippen LogP contribution in [-0.4, -0.2) is 27.8 Å². The molecule has 0 bridgehead atoms. The van der Waals surface area contributed by atoms with Gasteiger partial charge in [-0.3, -0.25) is 20.4 Å². The van der Waals surface area contributed by atoms with Crippen LogP contribution < -0.4 is 10.9 Å². The van der Waals surface area contributed by atoms with Gasteiger partial charge >= 0.3 is 0 Å². The third-order valence-electron chi connectivity index (χ3n) is 3.18. The Balaban J connectivity index is 1.47. The minimum atomic E-state index is -0.430. The Bertz CT molecular complexity index is 900. The zero-order chi connectivity index (χ0) is 18.4. The molecule has 7 nitrogen and oxygen atoms in total. The molecule has 0 fully saturated rings. The summed E-state index contributed by atoms with van der Waals surface area (Å²) in [5, 5.41) is 7.85. The van der Waals surface area contributed by atoms with Crippen LogP contribution >= 0.6 is 11.8 Å². The number of amides is 2. The minimum Gasteiger partial charge on any atom is -0.411 e. The summed E-state index contributed by atoms with van der Waals surface area (Å²) in [6, 6.07) is 14.1. The molecule has 2 amide bonds. The molecular weight excluding hydrogens is 359 g/mol. The number of nitrogens with zero attached hydrogens (tertiary/aromatic N) is 2. The monoisotopic (exact) mass is 372 g/mol. The highest BCUT2D eigenvalue weighted by atomic mass is 32.2. The second-order valence-electron chi connectivity index (χ2n) is 5.04. The molecule has 0 atom stereocenters. The lowest BCUT2D eigenvalue weighted by Crippen LogP contribution is -2.42. The second-order valence-corrected chi connectivity index (χ2v) is 5.96. The third-order valence-corrected chi connectivity index (χ3v) is 3.99. The first-order chi connectivity index (χ1) is 12.6. The molecule has 0 aliphatic carbocycles. The van der Waals surface area contributed by atoms with Gasteiger partial charge < -0.3 is 4.42 Å². The van der Waals surface area contributed by atoms with E-state index in [1.54, 1.807) is 30.3 Å². The molecule has 0 spiro atoms. The minimum absolute atomic E-state index is 0.0277. The van der Waals surface area contributed by atoms with Gasteiger partial charge in [0.2, 0.25) is 11.8 Å². The van der Waals surface area contributed by atoms with Gasteiger partial charge in [0.25, 0.3) is 11.1 Å². The van der Waals surface area contributed by atoms with Gasteiger partial charge in [-0.05, 0) is 36.4 Å². The number of nitrogens with one attached hydrogen (secondary N) is 2. The molecule has 2 aromatic carbocycles. The van der Waals surface area contributed by atoms with Crippen molar-refractivity contribution >= 4 is 23.6 Å². The van der Waals surface area contributed by atoms with Gasteiger partial charge in [0.1, 0.15) is 5.82 Å². The topological polar surface area (TPSA) is 97.1 Å². The number of aromatic nitrogens is 2. The molecule has 9 heteroatoms. The Kier molecular flexibility index (Phi) is 5.59. The van der Waals surface area contributed by atoms with Crippen LogP contribution in [0.3, 0.4) is 0 Å². The molecule has 0 aliphatic rings. The predicted octanol–water partition coefficient (Wildman–Crippen LogP) is 2.43. The van der Waals surface area contributed by atoms with E-state index in [0.717, 1.165) is 11.8 Å². The molecule has 26 heavy (non-hydrogen) atoms. The standard InChI is InChI=1S/C17H13FN4O3S/c18-13-8-6-12(7-9-13)16-21-22-17(25-16)26-10-14(23)19-20-15(24)11-4-2-1-3-5-11/h1-9H,10H2,(H,19,23)(H,20,24). The summed E-state index contributed by atoms with van der Waals surface area (Å²) in [5.74, 6) is -1.01. The van der Waals surface area contributed by atoms with E-state index >= 15 is 0 Å². The van der Waals surface area contributed by atoms with Crippen molar-refractivity contribution in [1.82, 2.24) is 21.0 Å². The van der Waals surface area contributed by atoms with E-state index in [9.17, 15) is 14.0 Å². The molecule has 3 aromatic rings. The molecule has 1 aromatic heterocycles. The SMILES string of the molecule is O=C(CSc1nnc(-c2ccc(F)cc2)o1)NNC(=O)c1ccccc1. The quantitative estimate of drug-likeness (QED) is 0.527. The van der Waals surface area contributed by atoms with E-state index in [-0.39, 0.29) is 22.7 Å². The Morgan fingerprint density at radius 3 is 2.46 bits per heavy atom. The van der Waals surface area contributed by atoms with Gasteiger partial charge in [-0.15, -0.1) is 10.2 Å². The maximum Gasteiger partial charge on any atom is 0.277 e. The molecule has 0 saturated carbocycles. The van der Waals surface area contributed by atoms with E-state index in [2.05, 4.69) is 21.0 Å². The summed E-state index contributed by atoms with van der Waals surface area (Å²) in [6.07, 6.45) is 0. The number of carbonyl (C=O) groups is 2. The van der Waals surface area contributed by atoms with Crippen molar-refractivity contribution in [2.75, 3.05) is 5.75 Å². The number of benzene rings is 2. The average molecular weight is 372 g/mol. The van der Waals surface area contributed by atoms with Gasteiger partial charge in [0.15, 0.2) is 0 Å². The lowest BCUT2D eigenvalue weighted by molar-refractivity contribution is -0.119. The van der Waals surface area contributed by atoms with Gasteiger partial charge in [-0.25, -0.2) is 4.39 Å². The molecule has 132 valence electrons. The van der Waals surface area contributed by atoms with Crippen molar-refractivity contribution in [3.05, 3.63) is 66.0 Å². The van der Waals surface area contributed by atoms with Crippen molar-refractivity contribution in [3.63, 3.8) is 0 Å². The smallest absolute Gasteiger partial charge is 0.277 e. The van der Waals surface area contributed by atoms with Crippen molar-refractivity contribution in [2.45, 2.75) is 5.22 Å². The number of hydrogen-bond acceptors (Lipinski definition) is 6. The number of halogens is 1. The Morgan fingerprint density at radius 2 is 1.73 bits per heavy atom. The first-order valence-electron chi connectivity index (χ1n) is 7.48. The van der Waals surface area contributed by atoms with Crippen molar-refractivity contribution in [1.29, 1.82) is 0 Å². The molecular formula is C17H13FN4O3S. The molecule has 3 rings (SSSR count). The largest absolute Gasteiger partial charge is 0.411 e. The van der Waals surface area contributed by atoms with E-state index in [1.165, 1.54) is 24.3 Å². The summed E-state index contributed by atoms with van der Waals surface area (Å²) in [7, 11) is 0. The van der Waals surface area contributed by atoms with E-state index < -0.39 is 11.8 Å². The van der Waals surface area contributed by atoms with Gasteiger partial charge in [-0.2, -0.15) is 0 Å². The van der Waals surface area contributed by atoms with Crippen molar-refractivity contribution < 1.29 is 18.4 Å². The van der Waals surface area contributed by atoms with Crippen molar-refractivity contribution in [2.24, 2.45) is 0 Å². The molecule has 0 unspecified atom stereocenters. The first-order valence-corrected chi connectivity index (χ1v) is 8.47. The van der Waals surface area contributed by atoms with Crippen LogP contribution in [0, 0.1) is 5.82 Å². The Hall–Kier alpha value is -3.20. The first kappa shape index (κ1) is 17.6. The van der Waals surface area contributed by atoms with Crippen LogP contribution in [0.15, 0.2) is 64.2 Å². The fourth-order valence-corrected chi connectivity index (χ4v) is 2.49. The highest BCUT2D eigenvalue weighted by Gasteiger charge is 2.12. The maximum atomic E-state index is 12.9. The van der Waals surface area contributed by atoms with E-state index in [1.807, 2.05) is 0 Å². The fourth-order valence-electron chi connectivity index (χ4n) is 1.93. The van der Waals surface area contributed by atoms with E-state index in [4.69, 9.17) is 4.42 Å². The fraction of sp³-hybridized carbons (Fsp3) is 0.0588. The van der Waals surface area contributed by atoms with Crippen molar-refractivity contribution in [3.8, 4) is 11.5 Å². The number of hydrogen-bond donors (Lipinski definition) is 2. The molecule has 0 saturated heterocycles. The molecule has 0 radical (unpaired) electrons. The zero-order valence-electron chi connectivity index (χ0n) is 13.3. The highest BCUT2D eigenvalue weighted by molar-refractivity contribution is 7.99. The van der Waals surface area contributed by atoms with Gasteiger partial charge in [0.05, 0.1) is 5.75 Å². The molecule has 1 heterocycles. The summed E-state index contributed by atoms with van der Waals surface area (Å²) in [4.78, 5) is 23.6. The van der Waals surface area contributed by atoms with Crippen LogP contribution in [0.1, 0.15) is 10.4 Å². The maximum absolute atomic E-state index is 12.9. The summed E-state index contributed by atoms with van der Waals surface area (Å²) < 4.78 is 18.3. The average Bonchev–Trinajstić information content (AvgIpc) is 3.14. The van der Waals surface area contributed by atoms with Crippen LogP contribution in [0.5, 0.6) is 0 Å². The molecule has 2 N–H and O–H groups in total. The van der Waals surface area contributed by atoms with Crippen LogP contribution in [-0.2, 0) is 4.79 Å². The summed E-state index contributed by atoms with van der Waals surface area (Å²) in [5.41, 5.74) is 5.63. The number of hydrazine groups is 1. The van der Waals surface area contributed by atoms with Crippen LogP contribution in [0.25, 0.3) is 11.5 Å². The summed E-state index contributed by atoms with van der Waals surface area (Å²) >= 11 is 1.02. The summed E-state index contributed by atoms with van der Waals surface area (Å²) in [6.45, 7) is 0. The number of rotatable bonds is 5. The zero-order valence-corrected chi connectivity index (χ0v) is 14.1. The normalized spacial score (nSPS) is 10.3. The second kappa shape index (κ2) is 8.26. The Morgan fingerprint density at radius 1 is 1.00 bits per heavy atom. The van der Waals surface area contributed by atoms with Gasteiger partial charge in [-0.1, -0.05) is 30.0 Å². The van der Waals surface area contributed by atoms with Crippen LogP contribution in [0.2, 0.25) is 0 Å².